The Labute approximate surface area is 407 Å². The third-order valence-corrected chi connectivity index (χ3v) is 11.0. The highest BCUT2D eigenvalue weighted by Crippen LogP contribution is 2.12. The Kier molecular flexibility index (Phi) is 52.0. The van der Waals surface area contributed by atoms with Gasteiger partial charge in [-0.05, 0) is 116 Å². The van der Waals surface area contributed by atoms with Crippen LogP contribution < -0.4 is 5.32 Å². The van der Waals surface area contributed by atoms with E-state index >= 15 is 0 Å². The highest BCUT2D eigenvalue weighted by Gasteiger charge is 2.17. The predicted molar refractivity (Wildman–Crippen MR) is 294 cm³/mol. The minimum absolute atomic E-state index is 0.0934. The van der Waals surface area contributed by atoms with Crippen LogP contribution in [0.3, 0.4) is 0 Å². The Morgan fingerprint density at radius 2 is 0.682 bits per heavy atom. The van der Waals surface area contributed by atoms with Crippen LogP contribution in [0.15, 0.2) is 158 Å². The van der Waals surface area contributed by atoms with Crippen molar-refractivity contribution in [3.05, 3.63) is 158 Å². The van der Waals surface area contributed by atoms with Crippen molar-refractivity contribution in [3.63, 3.8) is 0 Å². The van der Waals surface area contributed by atoms with Crippen LogP contribution in [0.1, 0.15) is 206 Å². The van der Waals surface area contributed by atoms with E-state index in [0.717, 1.165) is 116 Å². The first-order valence-electron chi connectivity index (χ1n) is 26.7. The molecule has 4 nitrogen and oxygen atoms in total. The second-order valence-electron chi connectivity index (χ2n) is 17.2. The van der Waals surface area contributed by atoms with Crippen molar-refractivity contribution in [1.29, 1.82) is 0 Å². The first-order valence-corrected chi connectivity index (χ1v) is 26.7. The fourth-order valence-electron chi connectivity index (χ4n) is 6.96. The molecular formula is C62H99NO3. The highest BCUT2D eigenvalue weighted by molar-refractivity contribution is 5.76. The summed E-state index contributed by atoms with van der Waals surface area (Å²) >= 11 is 0. The monoisotopic (exact) mass is 906 g/mol. The minimum atomic E-state index is -0.877. The summed E-state index contributed by atoms with van der Waals surface area (Å²) in [4.78, 5) is 12.4. The van der Waals surface area contributed by atoms with E-state index in [2.05, 4.69) is 165 Å². The van der Waals surface area contributed by atoms with Gasteiger partial charge in [0.25, 0.3) is 0 Å². The van der Waals surface area contributed by atoms with Crippen LogP contribution in [0, 0.1) is 0 Å². The average molecular weight is 906 g/mol. The zero-order chi connectivity index (χ0) is 47.7. The van der Waals surface area contributed by atoms with Gasteiger partial charge in [0.2, 0.25) is 5.91 Å². The van der Waals surface area contributed by atoms with Gasteiger partial charge in [-0.3, -0.25) is 4.79 Å². The molecule has 0 spiro atoms. The van der Waals surface area contributed by atoms with Crippen molar-refractivity contribution in [2.24, 2.45) is 0 Å². The quantitative estimate of drug-likeness (QED) is 0.0421. The number of hydrogen-bond donors (Lipinski definition) is 3. The van der Waals surface area contributed by atoms with Crippen LogP contribution in [-0.4, -0.2) is 34.9 Å². The van der Waals surface area contributed by atoms with Crippen LogP contribution in [0.2, 0.25) is 0 Å². The number of hydrogen-bond acceptors (Lipinski definition) is 3. The van der Waals surface area contributed by atoms with Gasteiger partial charge in [0, 0.05) is 6.42 Å². The van der Waals surface area contributed by atoms with Gasteiger partial charge in [-0.15, -0.1) is 0 Å². The summed E-state index contributed by atoms with van der Waals surface area (Å²) in [6.07, 6.45) is 89.5. The Morgan fingerprint density at radius 3 is 1.06 bits per heavy atom. The smallest absolute Gasteiger partial charge is 0.220 e. The number of rotatable bonds is 46. The summed E-state index contributed by atoms with van der Waals surface area (Å²) in [5.41, 5.74) is 0. The number of aliphatic hydroxyl groups is 2. The molecule has 0 heterocycles. The lowest BCUT2D eigenvalue weighted by atomic mass is 10.1. The number of allylic oxidation sites excluding steroid dienone is 25. The van der Waals surface area contributed by atoms with Gasteiger partial charge < -0.3 is 15.5 Å². The summed E-state index contributed by atoms with van der Waals surface area (Å²) in [5.74, 6) is -0.0934. The van der Waals surface area contributed by atoms with Crippen molar-refractivity contribution < 1.29 is 15.0 Å². The first-order chi connectivity index (χ1) is 32.7. The van der Waals surface area contributed by atoms with Crippen LogP contribution in [0.5, 0.6) is 0 Å². The number of amides is 1. The maximum absolute atomic E-state index is 12.4. The molecule has 0 saturated heterocycles. The lowest BCUT2D eigenvalue weighted by molar-refractivity contribution is -0.123. The molecule has 0 aliphatic rings. The fourth-order valence-corrected chi connectivity index (χ4v) is 6.96. The highest BCUT2D eigenvalue weighted by atomic mass is 16.3. The Bertz CT molecular complexity index is 1440. The molecule has 0 radical (unpaired) electrons. The van der Waals surface area contributed by atoms with Crippen molar-refractivity contribution in [1.82, 2.24) is 5.32 Å². The van der Waals surface area contributed by atoms with E-state index < -0.39 is 12.1 Å². The molecule has 0 aromatic rings. The Hall–Kier alpha value is -3.99. The lowest BCUT2D eigenvalue weighted by Crippen LogP contribution is -2.45. The number of unbranched alkanes of at least 4 members (excludes halogenated alkanes) is 15. The number of aliphatic hydroxyl groups excluding tert-OH is 2. The molecule has 0 bridgehead atoms. The van der Waals surface area contributed by atoms with Crippen molar-refractivity contribution >= 4 is 5.91 Å². The van der Waals surface area contributed by atoms with E-state index in [1.54, 1.807) is 6.08 Å². The van der Waals surface area contributed by atoms with Gasteiger partial charge in [0.05, 0.1) is 18.8 Å². The molecule has 3 N–H and O–H groups in total. The molecule has 2 atom stereocenters. The van der Waals surface area contributed by atoms with Gasteiger partial charge in [-0.25, -0.2) is 0 Å². The van der Waals surface area contributed by atoms with Crippen LogP contribution >= 0.6 is 0 Å². The third kappa shape index (κ3) is 51.0. The van der Waals surface area contributed by atoms with Crippen LogP contribution in [-0.2, 0) is 4.79 Å². The predicted octanol–water partition coefficient (Wildman–Crippen LogP) is 17.8. The zero-order valence-corrected chi connectivity index (χ0v) is 42.4. The standard InChI is InChI=1S/C62H99NO3/c1-3-5-7-9-11-13-15-17-18-19-20-21-22-23-24-25-26-27-28-29-30-31-32-33-34-35-36-37-38-39-40-41-42-43-44-46-48-50-52-54-56-58-62(66)63-60(59-64)61(65)57-55-53-51-49-47-45-16-14-12-10-8-6-4-2/h5,7,11,13,17-18,20-21,23-24,26-27,29-30,32-33,35-36,38-39,41-42,47,49,55,57,60-61,64-65H,3-4,6,8-10,12,14-16,19,22,25,28,31,34,37,40,43-46,48,50-54,56,58-59H2,1-2H3,(H,63,66)/b7-5-,13-11-,18-17-,21-20-,24-23-,27-26-,30-29-,33-32-,36-35-,39-38-,42-41-,49-47+,57-55+. The average Bonchev–Trinajstić information content (AvgIpc) is 3.32. The molecular weight excluding hydrogens is 807 g/mol. The van der Waals surface area contributed by atoms with E-state index in [9.17, 15) is 15.0 Å². The molecule has 2 unspecified atom stereocenters. The second kappa shape index (κ2) is 55.3. The Morgan fingerprint density at radius 1 is 0.379 bits per heavy atom. The van der Waals surface area contributed by atoms with Crippen LogP contribution in [0.4, 0.5) is 0 Å². The van der Waals surface area contributed by atoms with E-state index in [1.807, 2.05) is 6.08 Å². The van der Waals surface area contributed by atoms with Gasteiger partial charge >= 0.3 is 0 Å². The Balaban J connectivity index is 3.69. The first kappa shape index (κ1) is 62.0. The molecule has 0 aromatic carbocycles. The summed E-state index contributed by atoms with van der Waals surface area (Å²) in [5, 5.41) is 23.0. The molecule has 370 valence electrons. The maximum atomic E-state index is 12.4. The molecule has 0 saturated carbocycles. The normalized spacial score (nSPS) is 14.2. The third-order valence-electron chi connectivity index (χ3n) is 11.0. The van der Waals surface area contributed by atoms with E-state index in [0.29, 0.717) is 6.42 Å². The molecule has 0 aromatic heterocycles. The molecule has 66 heavy (non-hydrogen) atoms. The van der Waals surface area contributed by atoms with E-state index in [-0.39, 0.29) is 12.5 Å². The lowest BCUT2D eigenvalue weighted by Gasteiger charge is -2.19. The zero-order valence-electron chi connectivity index (χ0n) is 42.4. The van der Waals surface area contributed by atoms with Gasteiger partial charge in [0.15, 0.2) is 0 Å². The van der Waals surface area contributed by atoms with Crippen LogP contribution in [0.25, 0.3) is 0 Å². The summed E-state index contributed by atoms with van der Waals surface area (Å²) in [6.45, 7) is 4.15. The van der Waals surface area contributed by atoms with Gasteiger partial charge in [-0.2, -0.15) is 0 Å². The summed E-state index contributed by atoms with van der Waals surface area (Å²) in [7, 11) is 0. The number of nitrogens with one attached hydrogen (secondary N) is 1. The summed E-state index contributed by atoms with van der Waals surface area (Å²) in [6, 6.07) is -0.655. The molecule has 0 rings (SSSR count). The SMILES string of the molecule is CC/C=C\C/C=C\C/C=C\C/C=C\C/C=C\C/C=C\C/C=C\C/C=C\C/C=C\C/C=C\C/C=C\CCCCCCCCCC(=O)NC(CO)C(O)/C=C/CC/C=C/CCCCCCCCC. The number of carbonyl (C=O) groups is 1. The molecule has 4 heteroatoms. The fraction of sp³-hybridized carbons (Fsp3) is 0.565. The van der Waals surface area contributed by atoms with Gasteiger partial charge in [-0.1, -0.05) is 242 Å². The maximum Gasteiger partial charge on any atom is 0.220 e. The van der Waals surface area contributed by atoms with Crippen molar-refractivity contribution in [2.45, 2.75) is 219 Å². The second-order valence-corrected chi connectivity index (χ2v) is 17.2. The van der Waals surface area contributed by atoms with E-state index in [4.69, 9.17) is 0 Å². The number of carbonyl (C=O) groups excluding carboxylic acids is 1. The largest absolute Gasteiger partial charge is 0.394 e. The minimum Gasteiger partial charge on any atom is -0.394 e. The van der Waals surface area contributed by atoms with Gasteiger partial charge in [0.1, 0.15) is 0 Å². The molecule has 0 fully saturated rings. The molecule has 0 aliphatic heterocycles. The summed E-state index contributed by atoms with van der Waals surface area (Å²) < 4.78 is 0. The van der Waals surface area contributed by atoms with E-state index in [1.165, 1.54) is 70.6 Å². The molecule has 0 aliphatic carbocycles. The van der Waals surface area contributed by atoms with Crippen molar-refractivity contribution in [2.75, 3.05) is 6.61 Å². The van der Waals surface area contributed by atoms with Crippen molar-refractivity contribution in [3.8, 4) is 0 Å². The topological polar surface area (TPSA) is 69.6 Å². The molecule has 1 amide bonds.